The quantitative estimate of drug-likeness (QED) is 0.582. The van der Waals surface area contributed by atoms with E-state index in [1.54, 1.807) is 14.1 Å². The molecule has 1 N–H and O–H groups in total. The smallest absolute Gasteiger partial charge is 0.235 e. The molecular weight excluding hydrogens is 245 g/mol. The molecule has 0 saturated carbocycles. The SMILES string of the molecule is CN(C)C(=O)C(I)CCO. The number of hydrogen-bond acceptors (Lipinski definition) is 2. The summed E-state index contributed by atoms with van der Waals surface area (Å²) in [5, 5.41) is 8.49. The standard InChI is InChI=1S/C6H12INO2/c1-8(2)6(10)5(7)3-4-9/h5,9H,3-4H2,1-2H3. The Morgan fingerprint density at radius 3 is 2.50 bits per heavy atom. The van der Waals surface area contributed by atoms with Crippen LogP contribution in [0.5, 0.6) is 0 Å². The monoisotopic (exact) mass is 257 g/mol. The number of nitrogens with zero attached hydrogens (tertiary/aromatic N) is 1. The molecule has 10 heavy (non-hydrogen) atoms. The van der Waals surface area contributed by atoms with Gasteiger partial charge in [0.25, 0.3) is 0 Å². The second kappa shape index (κ2) is 4.90. The van der Waals surface area contributed by atoms with Crippen molar-refractivity contribution in [3.05, 3.63) is 0 Å². The molecule has 0 aromatic heterocycles. The molecule has 0 radical (unpaired) electrons. The molecule has 3 nitrogen and oxygen atoms in total. The zero-order valence-electron chi connectivity index (χ0n) is 6.17. The first-order chi connectivity index (χ1) is 4.59. The van der Waals surface area contributed by atoms with Crippen molar-refractivity contribution in [3.8, 4) is 0 Å². The Kier molecular flexibility index (Phi) is 4.98. The summed E-state index contributed by atoms with van der Waals surface area (Å²) in [6.45, 7) is 0.0766. The summed E-state index contributed by atoms with van der Waals surface area (Å²) >= 11 is 2.03. The molecule has 0 aliphatic rings. The van der Waals surface area contributed by atoms with E-state index in [0.29, 0.717) is 6.42 Å². The number of halogens is 1. The van der Waals surface area contributed by atoms with Gasteiger partial charge in [0.05, 0.1) is 3.92 Å². The molecular formula is C6H12INO2. The van der Waals surface area contributed by atoms with Crippen LogP contribution in [-0.2, 0) is 4.79 Å². The van der Waals surface area contributed by atoms with Crippen LogP contribution in [0.25, 0.3) is 0 Å². The van der Waals surface area contributed by atoms with Crippen LogP contribution in [-0.4, -0.2) is 40.5 Å². The predicted octanol–water partition coefficient (Wildman–Crippen LogP) is 0.261. The topological polar surface area (TPSA) is 40.5 Å². The summed E-state index contributed by atoms with van der Waals surface area (Å²) in [4.78, 5) is 12.6. The van der Waals surface area contributed by atoms with E-state index >= 15 is 0 Å². The summed E-state index contributed by atoms with van der Waals surface area (Å²) in [6.07, 6.45) is 0.539. The van der Waals surface area contributed by atoms with Crippen LogP contribution in [0.4, 0.5) is 0 Å². The maximum absolute atomic E-state index is 11.0. The average Bonchev–Trinajstić information content (AvgIpc) is 1.87. The van der Waals surface area contributed by atoms with Gasteiger partial charge in [-0.3, -0.25) is 4.79 Å². The van der Waals surface area contributed by atoms with Crippen molar-refractivity contribution in [1.29, 1.82) is 0 Å². The van der Waals surface area contributed by atoms with Gasteiger partial charge >= 0.3 is 0 Å². The third-order valence-corrected chi connectivity index (χ3v) is 2.25. The molecule has 0 aliphatic carbocycles. The zero-order valence-corrected chi connectivity index (χ0v) is 8.33. The van der Waals surface area contributed by atoms with Gasteiger partial charge in [0, 0.05) is 20.7 Å². The summed E-state index contributed by atoms with van der Waals surface area (Å²) < 4.78 is -0.0856. The molecule has 0 aromatic rings. The third-order valence-electron chi connectivity index (χ3n) is 1.09. The van der Waals surface area contributed by atoms with Gasteiger partial charge in [-0.2, -0.15) is 0 Å². The normalized spacial score (nSPS) is 12.8. The van der Waals surface area contributed by atoms with Crippen LogP contribution < -0.4 is 0 Å². The molecule has 0 aliphatic heterocycles. The van der Waals surface area contributed by atoms with Gasteiger partial charge in [-0.15, -0.1) is 0 Å². The molecule has 1 amide bonds. The first-order valence-corrected chi connectivity index (χ1v) is 4.30. The number of carbonyl (C=O) groups excluding carboxylic acids is 1. The number of carbonyl (C=O) groups is 1. The van der Waals surface area contributed by atoms with E-state index in [0.717, 1.165) is 0 Å². The predicted molar refractivity (Wildman–Crippen MR) is 48.2 cm³/mol. The van der Waals surface area contributed by atoms with E-state index < -0.39 is 0 Å². The molecule has 0 spiro atoms. The highest BCUT2D eigenvalue weighted by Crippen LogP contribution is 2.07. The Morgan fingerprint density at radius 1 is 1.70 bits per heavy atom. The summed E-state index contributed by atoms with van der Waals surface area (Å²) in [5.74, 6) is 0.0645. The Labute approximate surface area is 74.5 Å². The second-order valence-electron chi connectivity index (χ2n) is 2.21. The van der Waals surface area contributed by atoms with Crippen molar-refractivity contribution < 1.29 is 9.90 Å². The first kappa shape index (κ1) is 10.2. The van der Waals surface area contributed by atoms with E-state index in [1.807, 2.05) is 22.6 Å². The van der Waals surface area contributed by atoms with Gasteiger partial charge in [0.15, 0.2) is 0 Å². The van der Waals surface area contributed by atoms with Gasteiger partial charge in [0.1, 0.15) is 0 Å². The van der Waals surface area contributed by atoms with Crippen molar-refractivity contribution in [2.75, 3.05) is 20.7 Å². The molecule has 1 atom stereocenters. The number of hydrogen-bond donors (Lipinski definition) is 1. The van der Waals surface area contributed by atoms with Crippen molar-refractivity contribution in [2.45, 2.75) is 10.3 Å². The first-order valence-electron chi connectivity index (χ1n) is 3.05. The maximum atomic E-state index is 11.0. The Bertz CT molecular complexity index is 116. The van der Waals surface area contributed by atoms with Crippen LogP contribution in [0.2, 0.25) is 0 Å². The minimum Gasteiger partial charge on any atom is -0.396 e. The minimum atomic E-state index is -0.0856. The highest BCUT2D eigenvalue weighted by molar-refractivity contribution is 14.1. The van der Waals surface area contributed by atoms with Gasteiger partial charge < -0.3 is 10.0 Å². The molecule has 0 fully saturated rings. The lowest BCUT2D eigenvalue weighted by Crippen LogP contribution is -2.30. The van der Waals surface area contributed by atoms with E-state index in [1.165, 1.54) is 4.90 Å². The largest absolute Gasteiger partial charge is 0.396 e. The molecule has 4 heteroatoms. The Balaban J connectivity index is 3.71. The second-order valence-corrected chi connectivity index (χ2v) is 3.72. The molecule has 1 unspecified atom stereocenters. The number of aliphatic hydroxyl groups is 1. The lowest BCUT2D eigenvalue weighted by Gasteiger charge is -2.13. The molecule has 0 rings (SSSR count). The van der Waals surface area contributed by atoms with Crippen molar-refractivity contribution in [2.24, 2.45) is 0 Å². The molecule has 60 valence electrons. The lowest BCUT2D eigenvalue weighted by atomic mass is 10.3. The highest BCUT2D eigenvalue weighted by Gasteiger charge is 2.14. The fourth-order valence-electron chi connectivity index (χ4n) is 0.517. The summed E-state index contributed by atoms with van der Waals surface area (Å²) in [6, 6.07) is 0. The molecule has 0 bridgehead atoms. The number of amides is 1. The van der Waals surface area contributed by atoms with Crippen molar-refractivity contribution >= 4 is 28.5 Å². The molecule has 0 aromatic carbocycles. The third kappa shape index (κ3) is 3.36. The van der Waals surface area contributed by atoms with Gasteiger partial charge in [-0.1, -0.05) is 22.6 Å². The average molecular weight is 257 g/mol. The lowest BCUT2D eigenvalue weighted by molar-refractivity contribution is -0.127. The van der Waals surface area contributed by atoms with Gasteiger partial charge in [-0.25, -0.2) is 0 Å². The minimum absolute atomic E-state index is 0.0645. The van der Waals surface area contributed by atoms with Crippen molar-refractivity contribution in [3.63, 3.8) is 0 Å². The Hall–Kier alpha value is 0.160. The van der Waals surface area contributed by atoms with E-state index in [-0.39, 0.29) is 16.4 Å². The van der Waals surface area contributed by atoms with Gasteiger partial charge in [-0.05, 0) is 6.42 Å². The van der Waals surface area contributed by atoms with Crippen LogP contribution >= 0.6 is 22.6 Å². The maximum Gasteiger partial charge on any atom is 0.235 e. The number of rotatable bonds is 3. The van der Waals surface area contributed by atoms with Gasteiger partial charge in [0.2, 0.25) is 5.91 Å². The van der Waals surface area contributed by atoms with Crippen molar-refractivity contribution in [1.82, 2.24) is 4.90 Å². The summed E-state index contributed by atoms with van der Waals surface area (Å²) in [5.41, 5.74) is 0. The number of alkyl halides is 1. The van der Waals surface area contributed by atoms with Crippen LogP contribution in [0.3, 0.4) is 0 Å². The highest BCUT2D eigenvalue weighted by atomic mass is 127. The Morgan fingerprint density at radius 2 is 2.20 bits per heavy atom. The van der Waals surface area contributed by atoms with E-state index in [4.69, 9.17) is 5.11 Å². The van der Waals surface area contributed by atoms with E-state index in [9.17, 15) is 4.79 Å². The van der Waals surface area contributed by atoms with Crippen LogP contribution in [0.15, 0.2) is 0 Å². The van der Waals surface area contributed by atoms with Crippen LogP contribution in [0, 0.1) is 0 Å². The summed E-state index contributed by atoms with van der Waals surface area (Å²) in [7, 11) is 3.43. The molecule has 0 heterocycles. The fourth-order valence-corrected chi connectivity index (χ4v) is 1.35. The number of aliphatic hydroxyl groups excluding tert-OH is 1. The van der Waals surface area contributed by atoms with Crippen LogP contribution in [0.1, 0.15) is 6.42 Å². The fraction of sp³-hybridized carbons (Fsp3) is 0.833. The zero-order chi connectivity index (χ0) is 8.15. The molecule has 0 saturated heterocycles. The van der Waals surface area contributed by atoms with E-state index in [2.05, 4.69) is 0 Å².